The second-order valence-corrected chi connectivity index (χ2v) is 4.81. The Morgan fingerprint density at radius 3 is 2.72 bits per heavy atom. The molecule has 0 saturated carbocycles. The predicted molar refractivity (Wildman–Crippen MR) is 74.4 cm³/mol. The van der Waals surface area contributed by atoms with Gasteiger partial charge in [0.1, 0.15) is 0 Å². The Hall–Kier alpha value is -1.74. The molecule has 18 heavy (non-hydrogen) atoms. The van der Waals surface area contributed by atoms with Gasteiger partial charge in [0.25, 0.3) is 0 Å². The third kappa shape index (κ3) is 4.63. The van der Waals surface area contributed by atoms with Crippen LogP contribution < -0.4 is 10.6 Å². The summed E-state index contributed by atoms with van der Waals surface area (Å²) in [6, 6.07) is 7.36. The van der Waals surface area contributed by atoms with Crippen molar-refractivity contribution in [3.05, 3.63) is 28.2 Å². The molecule has 1 rings (SSSR count). The molecule has 0 atom stereocenters. The first-order valence-electron chi connectivity index (χ1n) is 5.42. The first kappa shape index (κ1) is 14.3. The minimum absolute atomic E-state index is 0.122. The van der Waals surface area contributed by atoms with E-state index in [1.54, 1.807) is 26.2 Å². The molecular formula is C12H15BrN4O. The van der Waals surface area contributed by atoms with Crippen molar-refractivity contribution in [1.29, 1.82) is 5.26 Å². The summed E-state index contributed by atoms with van der Waals surface area (Å²) >= 11 is 3.34. The molecule has 0 heterocycles. The molecule has 0 unspecified atom stereocenters. The second kappa shape index (κ2) is 6.87. The van der Waals surface area contributed by atoms with Crippen LogP contribution in [0, 0.1) is 11.3 Å². The van der Waals surface area contributed by atoms with Crippen molar-refractivity contribution in [3.63, 3.8) is 0 Å². The summed E-state index contributed by atoms with van der Waals surface area (Å²) in [4.78, 5) is 12.7. The molecule has 0 fully saturated rings. The molecule has 0 radical (unpaired) electrons. The zero-order chi connectivity index (χ0) is 13.5. The van der Waals surface area contributed by atoms with Gasteiger partial charge in [0.15, 0.2) is 0 Å². The number of benzene rings is 1. The van der Waals surface area contributed by atoms with E-state index in [1.807, 2.05) is 6.07 Å². The molecule has 0 aliphatic rings. The number of nitrogens with zero attached hydrogens (tertiary/aromatic N) is 2. The Morgan fingerprint density at radius 2 is 2.11 bits per heavy atom. The number of nitriles is 1. The van der Waals surface area contributed by atoms with Crippen molar-refractivity contribution in [2.45, 2.75) is 0 Å². The molecule has 2 amide bonds. The molecular weight excluding hydrogens is 296 g/mol. The van der Waals surface area contributed by atoms with Crippen LogP contribution in [-0.4, -0.2) is 38.1 Å². The van der Waals surface area contributed by atoms with E-state index in [1.165, 1.54) is 4.90 Å². The lowest BCUT2D eigenvalue weighted by Gasteiger charge is -2.12. The maximum Gasteiger partial charge on any atom is 0.316 e. The minimum Gasteiger partial charge on any atom is -0.383 e. The van der Waals surface area contributed by atoms with Crippen molar-refractivity contribution < 1.29 is 4.79 Å². The molecule has 0 aromatic heterocycles. The van der Waals surface area contributed by atoms with E-state index in [4.69, 9.17) is 5.26 Å². The zero-order valence-electron chi connectivity index (χ0n) is 10.3. The molecule has 1 aromatic rings. The minimum atomic E-state index is -0.122. The fourth-order valence-electron chi connectivity index (χ4n) is 1.29. The van der Waals surface area contributed by atoms with Crippen molar-refractivity contribution in [3.8, 4) is 6.07 Å². The average Bonchev–Trinajstić information content (AvgIpc) is 2.33. The summed E-state index contributed by atoms with van der Waals surface area (Å²) < 4.78 is 0.848. The van der Waals surface area contributed by atoms with Gasteiger partial charge in [0, 0.05) is 37.3 Å². The molecule has 0 saturated heterocycles. The third-order valence-electron chi connectivity index (χ3n) is 2.16. The van der Waals surface area contributed by atoms with Crippen molar-refractivity contribution >= 4 is 27.6 Å². The Balaban J connectivity index is 2.43. The highest BCUT2D eigenvalue weighted by Crippen LogP contribution is 2.18. The number of nitrogens with one attached hydrogen (secondary N) is 2. The monoisotopic (exact) mass is 310 g/mol. The summed E-state index contributed by atoms with van der Waals surface area (Å²) in [6.07, 6.45) is 0. The topological polar surface area (TPSA) is 68.2 Å². The van der Waals surface area contributed by atoms with Gasteiger partial charge < -0.3 is 15.5 Å². The molecule has 0 aliphatic heterocycles. The van der Waals surface area contributed by atoms with Gasteiger partial charge in [-0.05, 0) is 18.2 Å². The normalized spacial score (nSPS) is 9.44. The van der Waals surface area contributed by atoms with Crippen molar-refractivity contribution in [2.75, 3.05) is 32.5 Å². The summed E-state index contributed by atoms with van der Waals surface area (Å²) in [7, 11) is 3.38. The summed E-state index contributed by atoms with van der Waals surface area (Å²) in [5.74, 6) is 0. The van der Waals surface area contributed by atoms with E-state index in [0.717, 1.165) is 10.2 Å². The van der Waals surface area contributed by atoms with Gasteiger partial charge in [-0.15, -0.1) is 0 Å². The van der Waals surface area contributed by atoms with Crippen LogP contribution in [-0.2, 0) is 0 Å². The molecule has 0 bridgehead atoms. The van der Waals surface area contributed by atoms with Gasteiger partial charge in [0.05, 0.1) is 11.6 Å². The highest BCUT2D eigenvalue weighted by Gasteiger charge is 2.01. The smallest absolute Gasteiger partial charge is 0.316 e. The molecule has 1 aromatic carbocycles. The van der Waals surface area contributed by atoms with Gasteiger partial charge in [-0.25, -0.2) is 4.79 Å². The molecule has 5 nitrogen and oxygen atoms in total. The molecule has 0 spiro atoms. The number of urea groups is 1. The molecule has 0 aliphatic carbocycles. The van der Waals surface area contributed by atoms with Crippen LogP contribution in [0.2, 0.25) is 0 Å². The Kier molecular flexibility index (Phi) is 5.46. The lowest BCUT2D eigenvalue weighted by atomic mass is 10.2. The van der Waals surface area contributed by atoms with Gasteiger partial charge in [-0.1, -0.05) is 15.9 Å². The van der Waals surface area contributed by atoms with Gasteiger partial charge in [-0.2, -0.15) is 5.26 Å². The van der Waals surface area contributed by atoms with Crippen LogP contribution in [0.25, 0.3) is 0 Å². The second-order valence-electron chi connectivity index (χ2n) is 3.89. The van der Waals surface area contributed by atoms with Crippen LogP contribution in [0.1, 0.15) is 5.56 Å². The Labute approximate surface area is 115 Å². The van der Waals surface area contributed by atoms with Gasteiger partial charge >= 0.3 is 6.03 Å². The number of carbonyl (C=O) groups excluding carboxylic acids is 1. The lowest BCUT2D eigenvalue weighted by molar-refractivity contribution is 0.218. The summed E-state index contributed by atoms with van der Waals surface area (Å²) in [6.45, 7) is 1.12. The Bertz CT molecular complexity index is 468. The number of halogens is 1. The van der Waals surface area contributed by atoms with E-state index < -0.39 is 0 Å². The van der Waals surface area contributed by atoms with E-state index in [9.17, 15) is 4.79 Å². The fraction of sp³-hybridized carbons (Fsp3) is 0.333. The van der Waals surface area contributed by atoms with E-state index >= 15 is 0 Å². The largest absolute Gasteiger partial charge is 0.383 e. The van der Waals surface area contributed by atoms with Crippen molar-refractivity contribution in [1.82, 2.24) is 10.2 Å². The fourth-order valence-corrected chi connectivity index (χ4v) is 1.78. The summed E-state index contributed by atoms with van der Waals surface area (Å²) in [5.41, 5.74) is 1.43. The zero-order valence-corrected chi connectivity index (χ0v) is 11.9. The van der Waals surface area contributed by atoms with E-state index in [2.05, 4.69) is 32.6 Å². The first-order valence-corrected chi connectivity index (χ1v) is 6.22. The van der Waals surface area contributed by atoms with Crippen LogP contribution in [0.5, 0.6) is 0 Å². The van der Waals surface area contributed by atoms with E-state index in [-0.39, 0.29) is 6.03 Å². The van der Waals surface area contributed by atoms with E-state index in [0.29, 0.717) is 18.7 Å². The Morgan fingerprint density at radius 1 is 1.39 bits per heavy atom. The molecule has 2 N–H and O–H groups in total. The van der Waals surface area contributed by atoms with Crippen LogP contribution >= 0.6 is 15.9 Å². The van der Waals surface area contributed by atoms with Gasteiger partial charge in [0.2, 0.25) is 0 Å². The van der Waals surface area contributed by atoms with Crippen LogP contribution in [0.15, 0.2) is 22.7 Å². The highest BCUT2D eigenvalue weighted by molar-refractivity contribution is 9.10. The maximum absolute atomic E-state index is 11.2. The number of amides is 2. The van der Waals surface area contributed by atoms with Crippen LogP contribution in [0.4, 0.5) is 10.5 Å². The standard InChI is InChI=1S/C12H15BrN4O/c1-17(2)12(18)16-4-3-15-11-6-9(8-14)5-10(13)7-11/h5-7,15H,3-4H2,1-2H3,(H,16,18). The van der Waals surface area contributed by atoms with Crippen molar-refractivity contribution in [2.24, 2.45) is 0 Å². The lowest BCUT2D eigenvalue weighted by Crippen LogP contribution is -2.37. The SMILES string of the molecule is CN(C)C(=O)NCCNc1cc(Br)cc(C#N)c1. The number of rotatable bonds is 4. The number of hydrogen-bond donors (Lipinski definition) is 2. The maximum atomic E-state index is 11.2. The quantitative estimate of drug-likeness (QED) is 0.836. The predicted octanol–water partition coefficient (Wildman–Crippen LogP) is 2.00. The van der Waals surface area contributed by atoms with Crippen LogP contribution in [0.3, 0.4) is 0 Å². The molecule has 96 valence electrons. The number of hydrogen-bond acceptors (Lipinski definition) is 3. The van der Waals surface area contributed by atoms with Gasteiger partial charge in [-0.3, -0.25) is 0 Å². The average molecular weight is 311 g/mol. The number of anilines is 1. The highest BCUT2D eigenvalue weighted by atomic mass is 79.9. The molecule has 6 heteroatoms. The third-order valence-corrected chi connectivity index (χ3v) is 2.62. The summed E-state index contributed by atoms with van der Waals surface area (Å²) in [5, 5.41) is 14.7. The first-order chi connectivity index (χ1) is 8.52. The number of carbonyl (C=O) groups is 1.